The lowest BCUT2D eigenvalue weighted by molar-refractivity contribution is 0.174. The largest absolute Gasteiger partial charge is 0.454 e. The van der Waals surface area contributed by atoms with E-state index in [1.165, 1.54) is 4.88 Å². The van der Waals surface area contributed by atoms with Gasteiger partial charge in [-0.3, -0.25) is 0 Å². The quantitative estimate of drug-likeness (QED) is 0.816. The van der Waals surface area contributed by atoms with Crippen molar-refractivity contribution in [3.05, 3.63) is 39.8 Å². The van der Waals surface area contributed by atoms with Crippen LogP contribution in [0.2, 0.25) is 0 Å². The van der Waals surface area contributed by atoms with Crippen molar-refractivity contribution in [1.29, 1.82) is 0 Å². The van der Waals surface area contributed by atoms with E-state index in [4.69, 9.17) is 9.47 Å². The number of aromatic nitrogens is 1. The summed E-state index contributed by atoms with van der Waals surface area (Å²) < 4.78 is 10.7. The highest BCUT2D eigenvalue weighted by molar-refractivity contribution is 7.09. The smallest absolute Gasteiger partial charge is 0.317 e. The van der Waals surface area contributed by atoms with E-state index in [-0.39, 0.29) is 12.8 Å². The van der Waals surface area contributed by atoms with Crippen LogP contribution in [0.15, 0.2) is 23.7 Å². The summed E-state index contributed by atoms with van der Waals surface area (Å²) in [6.07, 6.45) is 1.86. The Balaban J connectivity index is 1.42. The molecule has 1 aliphatic heterocycles. The zero-order chi connectivity index (χ0) is 16.9. The fraction of sp³-hybridized carbons (Fsp3) is 0.412. The minimum atomic E-state index is -0.0753. The highest BCUT2D eigenvalue weighted by Gasteiger charge is 2.15. The number of thiazole rings is 1. The molecule has 3 rings (SSSR count). The number of aryl methyl sites for hydroxylation is 2. The lowest BCUT2D eigenvalue weighted by Gasteiger charge is -2.18. The second-order valence-electron chi connectivity index (χ2n) is 5.74. The van der Waals surface area contributed by atoms with Gasteiger partial charge in [0.15, 0.2) is 11.5 Å². The highest BCUT2D eigenvalue weighted by Crippen LogP contribution is 2.32. The number of nitrogens with one attached hydrogen (secondary N) is 1. The molecule has 0 bridgehead atoms. The molecule has 0 spiro atoms. The molecule has 7 heteroatoms. The summed E-state index contributed by atoms with van der Waals surface area (Å²) in [4.78, 5) is 19.3. The standard InChI is InChI=1S/C17H21N3O3S/c1-12-16(24-10-19-12)4-3-7-18-17(21)20(2)9-13-5-6-14-15(8-13)23-11-22-14/h5-6,8,10H,3-4,7,9,11H2,1-2H3,(H,18,21). The first-order valence-electron chi connectivity index (χ1n) is 7.90. The van der Waals surface area contributed by atoms with E-state index in [9.17, 15) is 4.79 Å². The van der Waals surface area contributed by atoms with Crippen molar-refractivity contribution in [2.45, 2.75) is 26.3 Å². The van der Waals surface area contributed by atoms with Gasteiger partial charge in [0.25, 0.3) is 0 Å². The first-order valence-corrected chi connectivity index (χ1v) is 8.78. The summed E-state index contributed by atoms with van der Waals surface area (Å²) in [7, 11) is 1.78. The minimum Gasteiger partial charge on any atom is -0.454 e. The zero-order valence-electron chi connectivity index (χ0n) is 13.9. The van der Waals surface area contributed by atoms with Crippen LogP contribution in [0.4, 0.5) is 4.79 Å². The number of fused-ring (bicyclic) bond motifs is 1. The molecule has 0 radical (unpaired) electrons. The molecule has 2 aromatic rings. The molecule has 6 nitrogen and oxygen atoms in total. The summed E-state index contributed by atoms with van der Waals surface area (Å²) in [5.41, 5.74) is 3.96. The molecule has 0 atom stereocenters. The van der Waals surface area contributed by atoms with Crippen LogP contribution in [0.1, 0.15) is 22.6 Å². The lowest BCUT2D eigenvalue weighted by Crippen LogP contribution is -2.37. The van der Waals surface area contributed by atoms with Crippen molar-refractivity contribution < 1.29 is 14.3 Å². The number of carbonyl (C=O) groups excluding carboxylic acids is 1. The second-order valence-corrected chi connectivity index (χ2v) is 6.68. The van der Waals surface area contributed by atoms with Gasteiger partial charge in [0.05, 0.1) is 11.2 Å². The van der Waals surface area contributed by atoms with Crippen molar-refractivity contribution in [1.82, 2.24) is 15.2 Å². The minimum absolute atomic E-state index is 0.0753. The Labute approximate surface area is 145 Å². The summed E-state index contributed by atoms with van der Waals surface area (Å²) in [5, 5.41) is 2.95. The lowest BCUT2D eigenvalue weighted by atomic mass is 10.2. The number of urea groups is 1. The van der Waals surface area contributed by atoms with Crippen LogP contribution in [0.25, 0.3) is 0 Å². The predicted octanol–water partition coefficient (Wildman–Crippen LogP) is 2.95. The fourth-order valence-corrected chi connectivity index (χ4v) is 3.35. The molecule has 0 fully saturated rings. The summed E-state index contributed by atoms with van der Waals surface area (Å²) in [6.45, 7) is 3.45. The third-order valence-electron chi connectivity index (χ3n) is 3.91. The molecule has 128 valence electrons. The van der Waals surface area contributed by atoms with E-state index >= 15 is 0 Å². The molecule has 0 saturated carbocycles. The Hall–Kier alpha value is -2.28. The number of nitrogens with zero attached hydrogens (tertiary/aromatic N) is 2. The van der Waals surface area contributed by atoms with Gasteiger partial charge in [-0.15, -0.1) is 11.3 Å². The first kappa shape index (κ1) is 16.6. The molecule has 1 N–H and O–H groups in total. The molecule has 24 heavy (non-hydrogen) atoms. The zero-order valence-corrected chi connectivity index (χ0v) is 14.7. The van der Waals surface area contributed by atoms with Crippen molar-refractivity contribution in [3.8, 4) is 11.5 Å². The van der Waals surface area contributed by atoms with E-state index in [1.807, 2.05) is 30.6 Å². The topological polar surface area (TPSA) is 63.7 Å². The first-order chi connectivity index (χ1) is 11.6. The van der Waals surface area contributed by atoms with Crippen LogP contribution in [0.3, 0.4) is 0 Å². The van der Waals surface area contributed by atoms with Gasteiger partial charge < -0.3 is 19.7 Å². The number of rotatable bonds is 6. The number of hydrogen-bond donors (Lipinski definition) is 1. The van der Waals surface area contributed by atoms with E-state index in [0.717, 1.165) is 35.6 Å². The number of benzene rings is 1. The van der Waals surface area contributed by atoms with Gasteiger partial charge in [0, 0.05) is 25.0 Å². The fourth-order valence-electron chi connectivity index (χ4n) is 2.53. The maximum Gasteiger partial charge on any atom is 0.317 e. The van der Waals surface area contributed by atoms with Crippen LogP contribution in [-0.2, 0) is 13.0 Å². The van der Waals surface area contributed by atoms with Crippen LogP contribution >= 0.6 is 11.3 Å². The molecule has 0 unspecified atom stereocenters. The Bertz CT molecular complexity index is 717. The number of hydrogen-bond acceptors (Lipinski definition) is 5. The van der Waals surface area contributed by atoms with Gasteiger partial charge in [-0.1, -0.05) is 6.07 Å². The van der Waals surface area contributed by atoms with Crippen LogP contribution in [-0.4, -0.2) is 36.3 Å². The molecule has 1 aromatic heterocycles. The molecule has 0 saturated heterocycles. The van der Waals surface area contributed by atoms with Crippen LogP contribution in [0.5, 0.6) is 11.5 Å². The number of amides is 2. The molecular weight excluding hydrogens is 326 g/mol. The molecule has 1 aliphatic rings. The summed E-state index contributed by atoms with van der Waals surface area (Å²) in [6, 6.07) is 5.66. The van der Waals surface area contributed by atoms with Crippen LogP contribution in [0, 0.1) is 6.92 Å². The van der Waals surface area contributed by atoms with Crippen molar-refractivity contribution >= 4 is 17.4 Å². The normalized spacial score (nSPS) is 12.2. The van der Waals surface area contributed by atoms with E-state index in [1.54, 1.807) is 23.3 Å². The molecule has 1 aromatic carbocycles. The summed E-state index contributed by atoms with van der Waals surface area (Å²) in [5.74, 6) is 1.49. The Kier molecular flexibility index (Phi) is 5.20. The highest BCUT2D eigenvalue weighted by atomic mass is 32.1. The van der Waals surface area contributed by atoms with Crippen molar-refractivity contribution in [2.75, 3.05) is 20.4 Å². The maximum atomic E-state index is 12.2. The average Bonchev–Trinajstić information content (AvgIpc) is 3.19. The van der Waals surface area contributed by atoms with Gasteiger partial charge in [-0.2, -0.15) is 0 Å². The van der Waals surface area contributed by atoms with Crippen molar-refractivity contribution in [2.24, 2.45) is 0 Å². The third kappa shape index (κ3) is 3.97. The molecule has 2 heterocycles. The van der Waals surface area contributed by atoms with E-state index in [0.29, 0.717) is 13.1 Å². The monoisotopic (exact) mass is 347 g/mol. The van der Waals surface area contributed by atoms with Gasteiger partial charge in [0.2, 0.25) is 6.79 Å². The Morgan fingerprint density at radius 1 is 1.38 bits per heavy atom. The van der Waals surface area contributed by atoms with Gasteiger partial charge in [-0.25, -0.2) is 9.78 Å². The van der Waals surface area contributed by atoms with Gasteiger partial charge >= 0.3 is 6.03 Å². The number of ether oxygens (including phenoxy) is 2. The van der Waals surface area contributed by atoms with Crippen LogP contribution < -0.4 is 14.8 Å². The van der Waals surface area contributed by atoms with Crippen molar-refractivity contribution in [3.63, 3.8) is 0 Å². The number of carbonyl (C=O) groups is 1. The molecule has 0 aliphatic carbocycles. The Morgan fingerprint density at radius 3 is 3.00 bits per heavy atom. The van der Waals surface area contributed by atoms with E-state index in [2.05, 4.69) is 10.3 Å². The molecule has 2 amide bonds. The Morgan fingerprint density at radius 2 is 2.21 bits per heavy atom. The summed E-state index contributed by atoms with van der Waals surface area (Å²) >= 11 is 1.67. The average molecular weight is 347 g/mol. The third-order valence-corrected chi connectivity index (χ3v) is 4.90. The van der Waals surface area contributed by atoms with Gasteiger partial charge in [-0.05, 0) is 37.5 Å². The molecular formula is C17H21N3O3S. The SMILES string of the molecule is Cc1ncsc1CCCNC(=O)N(C)Cc1ccc2c(c1)OCO2. The maximum absolute atomic E-state index is 12.2. The van der Waals surface area contributed by atoms with E-state index < -0.39 is 0 Å². The predicted molar refractivity (Wildman–Crippen MR) is 92.6 cm³/mol. The van der Waals surface area contributed by atoms with Gasteiger partial charge in [0.1, 0.15) is 0 Å². The second kappa shape index (κ2) is 7.53.